The molecule has 0 spiro atoms. The number of aryl methyl sites for hydroxylation is 1. The Morgan fingerprint density at radius 2 is 2.40 bits per heavy atom. The van der Waals surface area contributed by atoms with Gasteiger partial charge in [0.1, 0.15) is 5.69 Å². The van der Waals surface area contributed by atoms with Gasteiger partial charge >= 0.3 is 5.97 Å². The van der Waals surface area contributed by atoms with E-state index in [9.17, 15) is 4.79 Å². The van der Waals surface area contributed by atoms with Crippen LogP contribution in [0, 0.1) is 3.57 Å². The number of carboxylic acids is 1. The summed E-state index contributed by atoms with van der Waals surface area (Å²) < 4.78 is 2.79. The molecule has 5 heteroatoms. The predicted molar refractivity (Wildman–Crippen MR) is 71.7 cm³/mol. The standard InChI is InChI=1S/C10H14INO2S/c1-7(15-2)3-4-12-6-8(11)5-9(12)10(13)14/h5-7H,3-4H2,1-2H3,(H,13,14). The van der Waals surface area contributed by atoms with Crippen LogP contribution in [0.25, 0.3) is 0 Å². The van der Waals surface area contributed by atoms with E-state index >= 15 is 0 Å². The summed E-state index contributed by atoms with van der Waals surface area (Å²) >= 11 is 3.94. The molecule has 0 aliphatic carbocycles. The molecule has 0 bridgehead atoms. The number of hydrogen-bond donors (Lipinski definition) is 1. The van der Waals surface area contributed by atoms with Crippen molar-refractivity contribution in [2.45, 2.75) is 25.1 Å². The molecule has 0 aromatic carbocycles. The Hall–Kier alpha value is -0.170. The lowest BCUT2D eigenvalue weighted by atomic mass is 10.3. The Bertz CT molecular complexity index is 351. The first-order chi connectivity index (χ1) is 7.04. The Morgan fingerprint density at radius 1 is 1.73 bits per heavy atom. The molecule has 0 aliphatic heterocycles. The first-order valence-electron chi connectivity index (χ1n) is 4.66. The number of thioether (sulfide) groups is 1. The molecule has 0 saturated heterocycles. The average molecular weight is 339 g/mol. The van der Waals surface area contributed by atoms with Gasteiger partial charge in [0.2, 0.25) is 0 Å². The van der Waals surface area contributed by atoms with E-state index in [0.717, 1.165) is 16.5 Å². The predicted octanol–water partition coefficient (Wildman–Crippen LogP) is 2.93. The lowest BCUT2D eigenvalue weighted by Gasteiger charge is -2.10. The third-order valence-corrected chi connectivity index (χ3v) is 3.89. The van der Waals surface area contributed by atoms with Gasteiger partial charge < -0.3 is 9.67 Å². The minimum absolute atomic E-state index is 0.382. The van der Waals surface area contributed by atoms with Gasteiger partial charge in [-0.1, -0.05) is 6.92 Å². The number of carboxylic acid groups (broad SMARTS) is 1. The van der Waals surface area contributed by atoms with Gasteiger partial charge in [0.05, 0.1) is 0 Å². The van der Waals surface area contributed by atoms with Crippen LogP contribution in [0.15, 0.2) is 12.3 Å². The number of aromatic carboxylic acids is 1. The van der Waals surface area contributed by atoms with Gasteiger partial charge in [-0.25, -0.2) is 4.79 Å². The molecule has 84 valence electrons. The Morgan fingerprint density at radius 3 is 2.93 bits per heavy atom. The number of aromatic nitrogens is 1. The van der Waals surface area contributed by atoms with Gasteiger partial charge in [-0.3, -0.25) is 0 Å². The van der Waals surface area contributed by atoms with E-state index in [1.807, 2.05) is 10.8 Å². The fourth-order valence-corrected chi connectivity index (χ4v) is 2.25. The molecule has 1 atom stereocenters. The molecule has 1 aromatic rings. The van der Waals surface area contributed by atoms with Gasteiger partial charge in [-0.05, 0) is 41.3 Å². The zero-order valence-electron chi connectivity index (χ0n) is 8.74. The van der Waals surface area contributed by atoms with Crippen molar-refractivity contribution in [1.82, 2.24) is 4.57 Å². The molecular formula is C10H14INO2S. The van der Waals surface area contributed by atoms with Gasteiger partial charge in [0.25, 0.3) is 0 Å². The zero-order chi connectivity index (χ0) is 11.4. The highest BCUT2D eigenvalue weighted by atomic mass is 127. The van der Waals surface area contributed by atoms with Crippen LogP contribution < -0.4 is 0 Å². The molecule has 0 saturated carbocycles. The van der Waals surface area contributed by atoms with Crippen molar-refractivity contribution in [1.29, 1.82) is 0 Å². The molecule has 0 aliphatic rings. The lowest BCUT2D eigenvalue weighted by molar-refractivity contribution is 0.0685. The lowest BCUT2D eigenvalue weighted by Crippen LogP contribution is -2.10. The molecule has 3 nitrogen and oxygen atoms in total. The summed E-state index contributed by atoms with van der Waals surface area (Å²) in [6.07, 6.45) is 4.95. The summed E-state index contributed by atoms with van der Waals surface area (Å²) in [5.41, 5.74) is 0.382. The summed E-state index contributed by atoms with van der Waals surface area (Å²) in [6.45, 7) is 2.92. The minimum atomic E-state index is -0.852. The fraction of sp³-hybridized carbons (Fsp3) is 0.500. The van der Waals surface area contributed by atoms with Crippen LogP contribution in [0.1, 0.15) is 23.8 Å². The molecule has 0 radical (unpaired) electrons. The van der Waals surface area contributed by atoms with Crippen molar-refractivity contribution in [3.8, 4) is 0 Å². The molecule has 0 amide bonds. The van der Waals surface area contributed by atoms with Crippen molar-refractivity contribution in [3.05, 3.63) is 21.5 Å². The van der Waals surface area contributed by atoms with Gasteiger partial charge in [-0.2, -0.15) is 11.8 Å². The monoisotopic (exact) mass is 339 g/mol. The molecule has 1 aromatic heterocycles. The quantitative estimate of drug-likeness (QED) is 0.839. The van der Waals surface area contributed by atoms with Crippen LogP contribution in [0.2, 0.25) is 0 Å². The highest BCUT2D eigenvalue weighted by molar-refractivity contribution is 14.1. The van der Waals surface area contributed by atoms with E-state index in [2.05, 4.69) is 35.8 Å². The SMILES string of the molecule is CSC(C)CCn1cc(I)cc1C(=O)O. The van der Waals surface area contributed by atoms with Crippen molar-refractivity contribution in [2.75, 3.05) is 6.26 Å². The van der Waals surface area contributed by atoms with E-state index in [1.165, 1.54) is 0 Å². The number of rotatable bonds is 5. The highest BCUT2D eigenvalue weighted by Crippen LogP contribution is 2.15. The second-order valence-electron chi connectivity index (χ2n) is 3.38. The van der Waals surface area contributed by atoms with Gasteiger partial charge in [0, 0.05) is 21.6 Å². The fourth-order valence-electron chi connectivity index (χ4n) is 1.28. The van der Waals surface area contributed by atoms with Gasteiger partial charge in [-0.15, -0.1) is 0 Å². The third-order valence-electron chi connectivity index (χ3n) is 2.26. The maximum Gasteiger partial charge on any atom is 0.352 e. The Balaban J connectivity index is 2.71. The number of hydrogen-bond acceptors (Lipinski definition) is 2. The third kappa shape index (κ3) is 3.71. The first kappa shape index (κ1) is 12.9. The van der Waals surface area contributed by atoms with Crippen LogP contribution in [0.4, 0.5) is 0 Å². The van der Waals surface area contributed by atoms with Crippen molar-refractivity contribution in [3.63, 3.8) is 0 Å². The summed E-state index contributed by atoms with van der Waals surface area (Å²) in [5.74, 6) is -0.852. The van der Waals surface area contributed by atoms with E-state index in [-0.39, 0.29) is 0 Å². The number of halogens is 1. The topological polar surface area (TPSA) is 42.2 Å². The van der Waals surface area contributed by atoms with Crippen LogP contribution in [-0.2, 0) is 6.54 Å². The molecule has 1 rings (SSSR count). The Labute approximate surface area is 107 Å². The van der Waals surface area contributed by atoms with Crippen LogP contribution in [0.3, 0.4) is 0 Å². The minimum Gasteiger partial charge on any atom is -0.477 e. The zero-order valence-corrected chi connectivity index (χ0v) is 11.7. The van der Waals surface area contributed by atoms with E-state index in [4.69, 9.17) is 5.11 Å². The molecule has 0 fully saturated rings. The molecule has 15 heavy (non-hydrogen) atoms. The van der Waals surface area contributed by atoms with Crippen LogP contribution in [-0.4, -0.2) is 27.1 Å². The van der Waals surface area contributed by atoms with E-state index < -0.39 is 5.97 Å². The molecule has 1 unspecified atom stereocenters. The summed E-state index contributed by atoms with van der Waals surface area (Å²) in [5, 5.41) is 9.53. The van der Waals surface area contributed by atoms with Crippen molar-refractivity contribution in [2.24, 2.45) is 0 Å². The normalized spacial score (nSPS) is 12.7. The van der Waals surface area contributed by atoms with Crippen molar-refractivity contribution < 1.29 is 9.90 Å². The second kappa shape index (κ2) is 5.79. The highest BCUT2D eigenvalue weighted by Gasteiger charge is 2.11. The number of carbonyl (C=O) groups is 1. The van der Waals surface area contributed by atoms with E-state index in [1.54, 1.807) is 17.8 Å². The van der Waals surface area contributed by atoms with Crippen molar-refractivity contribution >= 4 is 40.3 Å². The van der Waals surface area contributed by atoms with Crippen LogP contribution in [0.5, 0.6) is 0 Å². The maximum atomic E-state index is 10.9. The largest absolute Gasteiger partial charge is 0.477 e. The summed E-state index contributed by atoms with van der Waals surface area (Å²) in [6, 6.07) is 1.70. The smallest absolute Gasteiger partial charge is 0.352 e. The Kier molecular flexibility index (Phi) is 4.98. The van der Waals surface area contributed by atoms with E-state index in [0.29, 0.717) is 10.9 Å². The summed E-state index contributed by atoms with van der Waals surface area (Å²) in [7, 11) is 0. The second-order valence-corrected chi connectivity index (χ2v) is 5.90. The summed E-state index contributed by atoms with van der Waals surface area (Å²) in [4.78, 5) is 10.9. The first-order valence-corrected chi connectivity index (χ1v) is 7.03. The van der Waals surface area contributed by atoms with Gasteiger partial charge in [0.15, 0.2) is 0 Å². The molecule has 1 N–H and O–H groups in total. The maximum absolute atomic E-state index is 10.9. The molecule has 1 heterocycles. The van der Waals surface area contributed by atoms with Crippen LogP contribution >= 0.6 is 34.4 Å². The number of nitrogens with zero attached hydrogens (tertiary/aromatic N) is 1. The molecular weight excluding hydrogens is 325 g/mol. The average Bonchev–Trinajstić information content (AvgIpc) is 2.56.